The fourth-order valence-corrected chi connectivity index (χ4v) is 2.73. The SMILES string of the molecule is O=C1c2ccccc2C(=O)N1c1cc(S(=O)(=O)O)ccc1F. The molecule has 0 radical (unpaired) electrons. The van der Waals surface area contributed by atoms with Gasteiger partial charge in [-0.3, -0.25) is 14.1 Å². The van der Waals surface area contributed by atoms with Crippen LogP contribution in [0.1, 0.15) is 20.7 Å². The summed E-state index contributed by atoms with van der Waals surface area (Å²) in [6.07, 6.45) is 0. The Balaban J connectivity index is 2.18. The molecule has 112 valence electrons. The van der Waals surface area contributed by atoms with E-state index in [4.69, 9.17) is 4.55 Å². The largest absolute Gasteiger partial charge is 0.294 e. The summed E-state index contributed by atoms with van der Waals surface area (Å²) in [4.78, 5) is 24.4. The lowest BCUT2D eigenvalue weighted by atomic mass is 10.1. The molecule has 0 bridgehead atoms. The van der Waals surface area contributed by atoms with Gasteiger partial charge in [0.1, 0.15) is 5.82 Å². The number of carbonyl (C=O) groups excluding carboxylic acids is 2. The number of hydrogen-bond acceptors (Lipinski definition) is 4. The Morgan fingerprint density at radius 1 is 0.955 bits per heavy atom. The van der Waals surface area contributed by atoms with Gasteiger partial charge in [-0.25, -0.2) is 9.29 Å². The van der Waals surface area contributed by atoms with Crippen molar-refractivity contribution in [1.82, 2.24) is 0 Å². The molecule has 1 aliphatic rings. The number of amides is 2. The Labute approximate surface area is 124 Å². The minimum atomic E-state index is -4.59. The summed E-state index contributed by atoms with van der Waals surface area (Å²) < 4.78 is 45.2. The van der Waals surface area contributed by atoms with E-state index in [1.807, 2.05) is 0 Å². The molecule has 0 fully saturated rings. The standard InChI is InChI=1S/C14H8FNO5S/c15-11-6-5-8(22(19,20)21)7-12(11)16-13(17)9-3-1-2-4-10(9)14(16)18/h1-7H,(H,19,20,21). The van der Waals surface area contributed by atoms with Crippen LogP contribution in [0, 0.1) is 5.82 Å². The van der Waals surface area contributed by atoms with Crippen molar-refractivity contribution in [3.05, 3.63) is 59.4 Å². The predicted molar refractivity (Wildman–Crippen MR) is 73.8 cm³/mol. The number of halogens is 1. The first-order valence-corrected chi connectivity index (χ1v) is 7.49. The van der Waals surface area contributed by atoms with E-state index in [1.54, 1.807) is 12.1 Å². The van der Waals surface area contributed by atoms with E-state index in [0.29, 0.717) is 4.90 Å². The molecule has 0 aromatic heterocycles. The van der Waals surface area contributed by atoms with Gasteiger partial charge >= 0.3 is 0 Å². The van der Waals surface area contributed by atoms with E-state index in [0.717, 1.165) is 18.2 Å². The van der Waals surface area contributed by atoms with Crippen LogP contribution in [0.5, 0.6) is 0 Å². The highest BCUT2D eigenvalue weighted by atomic mass is 32.2. The van der Waals surface area contributed by atoms with Gasteiger partial charge in [-0.15, -0.1) is 0 Å². The number of nitrogens with zero attached hydrogens (tertiary/aromatic N) is 1. The summed E-state index contributed by atoms with van der Waals surface area (Å²) in [6.45, 7) is 0. The molecule has 3 rings (SSSR count). The molecule has 2 aromatic carbocycles. The first kappa shape index (κ1) is 14.4. The number of hydrogen-bond donors (Lipinski definition) is 1. The van der Waals surface area contributed by atoms with Gasteiger partial charge in [-0.1, -0.05) is 12.1 Å². The molecule has 0 spiro atoms. The number of rotatable bonds is 2. The Kier molecular flexibility index (Phi) is 3.08. The molecule has 0 atom stereocenters. The van der Waals surface area contributed by atoms with Gasteiger partial charge in [0.05, 0.1) is 21.7 Å². The van der Waals surface area contributed by atoms with Crippen LogP contribution in [0.25, 0.3) is 0 Å². The molecule has 0 unspecified atom stereocenters. The van der Waals surface area contributed by atoms with Gasteiger partial charge in [0.15, 0.2) is 0 Å². The molecular weight excluding hydrogens is 313 g/mol. The van der Waals surface area contributed by atoms with Gasteiger partial charge < -0.3 is 0 Å². The zero-order chi connectivity index (χ0) is 16.1. The summed E-state index contributed by atoms with van der Waals surface area (Å²) >= 11 is 0. The van der Waals surface area contributed by atoms with E-state index in [1.165, 1.54) is 12.1 Å². The van der Waals surface area contributed by atoms with Crippen molar-refractivity contribution in [2.45, 2.75) is 4.90 Å². The molecule has 0 aliphatic carbocycles. The van der Waals surface area contributed by atoms with Crippen molar-refractivity contribution >= 4 is 27.6 Å². The minimum absolute atomic E-state index is 0.101. The van der Waals surface area contributed by atoms with E-state index >= 15 is 0 Å². The smallest absolute Gasteiger partial charge is 0.282 e. The molecule has 0 saturated carbocycles. The first-order valence-electron chi connectivity index (χ1n) is 6.05. The van der Waals surface area contributed by atoms with Crippen LogP contribution >= 0.6 is 0 Å². The van der Waals surface area contributed by atoms with Crippen molar-refractivity contribution < 1.29 is 27.0 Å². The minimum Gasteiger partial charge on any atom is -0.282 e. The maximum absolute atomic E-state index is 14.0. The summed E-state index contributed by atoms with van der Waals surface area (Å²) in [7, 11) is -4.59. The lowest BCUT2D eigenvalue weighted by Gasteiger charge is -2.15. The summed E-state index contributed by atoms with van der Waals surface area (Å²) in [5.41, 5.74) is -0.324. The summed E-state index contributed by atoms with van der Waals surface area (Å²) in [5, 5.41) is 0. The molecule has 1 heterocycles. The van der Waals surface area contributed by atoms with Crippen molar-refractivity contribution in [3.8, 4) is 0 Å². The predicted octanol–water partition coefficient (Wildman–Crippen LogP) is 1.87. The molecule has 2 amide bonds. The van der Waals surface area contributed by atoms with Crippen LogP contribution in [0.4, 0.5) is 10.1 Å². The lowest BCUT2D eigenvalue weighted by Crippen LogP contribution is -2.30. The fourth-order valence-electron chi connectivity index (χ4n) is 2.23. The van der Waals surface area contributed by atoms with Crippen LogP contribution in [-0.4, -0.2) is 24.8 Å². The lowest BCUT2D eigenvalue weighted by molar-refractivity contribution is 0.0924. The monoisotopic (exact) mass is 321 g/mol. The van der Waals surface area contributed by atoms with Gasteiger partial charge in [0.25, 0.3) is 21.9 Å². The van der Waals surface area contributed by atoms with Gasteiger partial charge in [-0.05, 0) is 30.3 Å². The highest BCUT2D eigenvalue weighted by molar-refractivity contribution is 7.85. The third-order valence-corrected chi connectivity index (χ3v) is 4.10. The van der Waals surface area contributed by atoms with Crippen LogP contribution in [0.3, 0.4) is 0 Å². The number of anilines is 1. The molecular formula is C14H8FNO5S. The Hall–Kier alpha value is -2.58. The topological polar surface area (TPSA) is 91.8 Å². The molecule has 0 saturated heterocycles. The normalized spacial score (nSPS) is 14.4. The first-order chi connectivity index (χ1) is 10.3. The average molecular weight is 321 g/mol. The Bertz CT molecular complexity index is 888. The van der Waals surface area contributed by atoms with Crippen molar-refractivity contribution in [3.63, 3.8) is 0 Å². The third kappa shape index (κ3) is 2.09. The molecule has 1 N–H and O–H groups in total. The zero-order valence-electron chi connectivity index (χ0n) is 10.9. The molecule has 6 nitrogen and oxygen atoms in total. The molecule has 2 aromatic rings. The van der Waals surface area contributed by atoms with E-state index in [-0.39, 0.29) is 11.1 Å². The zero-order valence-corrected chi connectivity index (χ0v) is 11.7. The highest BCUT2D eigenvalue weighted by Gasteiger charge is 2.38. The van der Waals surface area contributed by atoms with Crippen LogP contribution in [0.2, 0.25) is 0 Å². The van der Waals surface area contributed by atoms with Gasteiger partial charge in [-0.2, -0.15) is 8.42 Å². The van der Waals surface area contributed by atoms with Crippen molar-refractivity contribution in [1.29, 1.82) is 0 Å². The summed E-state index contributed by atoms with van der Waals surface area (Å²) in [5.74, 6) is -2.47. The quantitative estimate of drug-likeness (QED) is 0.673. The maximum Gasteiger partial charge on any atom is 0.294 e. The van der Waals surface area contributed by atoms with Gasteiger partial charge in [0.2, 0.25) is 0 Å². The highest BCUT2D eigenvalue weighted by Crippen LogP contribution is 2.31. The van der Waals surface area contributed by atoms with Crippen LogP contribution in [-0.2, 0) is 10.1 Å². The average Bonchev–Trinajstić information content (AvgIpc) is 2.71. The van der Waals surface area contributed by atoms with Gasteiger partial charge in [0, 0.05) is 0 Å². The number of imide groups is 1. The molecule has 8 heteroatoms. The van der Waals surface area contributed by atoms with E-state index in [9.17, 15) is 22.4 Å². The van der Waals surface area contributed by atoms with Crippen molar-refractivity contribution in [2.24, 2.45) is 0 Å². The molecule has 1 aliphatic heterocycles. The Morgan fingerprint density at radius 2 is 1.50 bits per heavy atom. The Morgan fingerprint density at radius 3 is 2.00 bits per heavy atom. The number of carbonyl (C=O) groups is 2. The van der Waals surface area contributed by atoms with Crippen LogP contribution in [0.15, 0.2) is 47.4 Å². The second-order valence-electron chi connectivity index (χ2n) is 4.58. The summed E-state index contributed by atoms with van der Waals surface area (Å²) in [6, 6.07) is 8.29. The third-order valence-electron chi connectivity index (χ3n) is 3.25. The van der Waals surface area contributed by atoms with Crippen molar-refractivity contribution in [2.75, 3.05) is 4.90 Å². The van der Waals surface area contributed by atoms with E-state index in [2.05, 4.69) is 0 Å². The fraction of sp³-hybridized carbons (Fsp3) is 0. The van der Waals surface area contributed by atoms with E-state index < -0.39 is 38.3 Å². The molecule has 22 heavy (non-hydrogen) atoms. The van der Waals surface area contributed by atoms with Crippen LogP contribution < -0.4 is 4.90 Å². The maximum atomic E-state index is 14.0. The number of fused-ring (bicyclic) bond motifs is 1. The second kappa shape index (κ2) is 4.72. The second-order valence-corrected chi connectivity index (χ2v) is 6.00. The number of benzene rings is 2.